The highest BCUT2D eigenvalue weighted by Gasteiger charge is 2.22. The minimum Gasteiger partial charge on any atom is -0.493 e. The number of hydrogen-bond acceptors (Lipinski definition) is 5. The number of fused-ring (bicyclic) bond motifs is 1. The molecule has 0 aliphatic carbocycles. The Kier molecular flexibility index (Phi) is 5.29. The van der Waals surface area contributed by atoms with Gasteiger partial charge in [0.1, 0.15) is 16.8 Å². The van der Waals surface area contributed by atoms with Crippen LogP contribution in [0.2, 0.25) is 0 Å². The molecule has 0 N–H and O–H groups in total. The first-order chi connectivity index (χ1) is 11.7. The number of ether oxygens (including phenoxy) is 1. The van der Waals surface area contributed by atoms with E-state index in [1.54, 1.807) is 11.3 Å². The molecule has 2 aromatic rings. The number of nitrogens with zero attached hydrogens (tertiary/aromatic N) is 3. The van der Waals surface area contributed by atoms with Crippen LogP contribution in [0.4, 0.5) is 5.00 Å². The fourth-order valence-electron chi connectivity index (χ4n) is 2.78. The van der Waals surface area contributed by atoms with Crippen molar-refractivity contribution in [3.63, 3.8) is 0 Å². The lowest BCUT2D eigenvalue weighted by Gasteiger charge is -2.21. The summed E-state index contributed by atoms with van der Waals surface area (Å²) in [4.78, 5) is 8.16. The van der Waals surface area contributed by atoms with Crippen molar-refractivity contribution in [3.05, 3.63) is 45.8 Å². The molecule has 5 heteroatoms. The summed E-state index contributed by atoms with van der Waals surface area (Å²) in [7, 11) is 2.11. The number of para-hydroxylation sites is 1. The quantitative estimate of drug-likeness (QED) is 0.769. The van der Waals surface area contributed by atoms with Gasteiger partial charge in [0.05, 0.1) is 12.2 Å². The zero-order valence-corrected chi connectivity index (χ0v) is 14.9. The van der Waals surface area contributed by atoms with Crippen LogP contribution in [0.3, 0.4) is 0 Å². The van der Waals surface area contributed by atoms with E-state index < -0.39 is 0 Å². The topological polar surface area (TPSA) is 48.6 Å². The maximum atomic E-state index is 9.54. The van der Waals surface area contributed by atoms with Gasteiger partial charge < -0.3 is 9.64 Å². The van der Waals surface area contributed by atoms with Gasteiger partial charge >= 0.3 is 0 Å². The predicted octanol–water partition coefficient (Wildman–Crippen LogP) is 4.15. The molecule has 3 rings (SSSR count). The van der Waals surface area contributed by atoms with E-state index >= 15 is 0 Å². The Morgan fingerprint density at radius 3 is 3.04 bits per heavy atom. The molecular weight excluding hydrogens is 318 g/mol. The van der Waals surface area contributed by atoms with E-state index in [1.165, 1.54) is 10.4 Å². The summed E-state index contributed by atoms with van der Waals surface area (Å²) in [6.07, 6.45) is 3.71. The summed E-state index contributed by atoms with van der Waals surface area (Å²) in [5.74, 6) is 0.836. The molecule has 0 saturated carbocycles. The Balaban J connectivity index is 1.89. The molecule has 24 heavy (non-hydrogen) atoms. The summed E-state index contributed by atoms with van der Waals surface area (Å²) in [5, 5.41) is 10.4. The van der Waals surface area contributed by atoms with Gasteiger partial charge in [0, 0.05) is 29.7 Å². The monoisotopic (exact) mass is 339 g/mol. The van der Waals surface area contributed by atoms with Gasteiger partial charge in [-0.2, -0.15) is 5.26 Å². The van der Waals surface area contributed by atoms with Crippen molar-refractivity contribution in [2.75, 3.05) is 20.2 Å². The highest BCUT2D eigenvalue weighted by Crippen LogP contribution is 2.38. The van der Waals surface area contributed by atoms with Gasteiger partial charge in [-0.05, 0) is 37.6 Å². The fraction of sp³-hybridized carbons (Fsp3) is 0.368. The van der Waals surface area contributed by atoms with E-state index in [9.17, 15) is 5.26 Å². The molecule has 0 fully saturated rings. The van der Waals surface area contributed by atoms with E-state index in [1.807, 2.05) is 30.5 Å². The molecule has 0 bridgehead atoms. The Morgan fingerprint density at radius 1 is 1.42 bits per heavy atom. The van der Waals surface area contributed by atoms with Crippen LogP contribution in [0.5, 0.6) is 5.75 Å². The second-order valence-corrected chi connectivity index (χ2v) is 7.01. The van der Waals surface area contributed by atoms with Crippen LogP contribution in [-0.4, -0.2) is 31.3 Å². The van der Waals surface area contributed by atoms with E-state index in [0.717, 1.165) is 47.8 Å². The van der Waals surface area contributed by atoms with Gasteiger partial charge in [0.2, 0.25) is 0 Å². The fourth-order valence-corrected chi connectivity index (χ4v) is 4.00. The maximum Gasteiger partial charge on any atom is 0.134 e. The number of hydrogen-bond donors (Lipinski definition) is 0. The average molecular weight is 339 g/mol. The Bertz CT molecular complexity index is 788. The van der Waals surface area contributed by atoms with Crippen LogP contribution in [0.15, 0.2) is 29.3 Å². The lowest BCUT2D eigenvalue weighted by atomic mass is 10.0. The third-order valence-corrected chi connectivity index (χ3v) is 5.17. The first-order valence-corrected chi connectivity index (χ1v) is 9.03. The van der Waals surface area contributed by atoms with Crippen molar-refractivity contribution < 1.29 is 4.74 Å². The van der Waals surface area contributed by atoms with Crippen LogP contribution in [0.1, 0.15) is 34.9 Å². The normalized spacial score (nSPS) is 14.5. The van der Waals surface area contributed by atoms with E-state index in [-0.39, 0.29) is 0 Å². The number of aliphatic imine (C=N–C) groups is 1. The molecule has 0 radical (unpaired) electrons. The van der Waals surface area contributed by atoms with Crippen molar-refractivity contribution in [2.24, 2.45) is 4.99 Å². The third-order valence-electron chi connectivity index (χ3n) is 4.04. The zero-order chi connectivity index (χ0) is 16.9. The number of benzene rings is 1. The smallest absolute Gasteiger partial charge is 0.134 e. The van der Waals surface area contributed by atoms with Crippen LogP contribution in [0, 0.1) is 11.3 Å². The standard InChI is InChI=1S/C19H21N3OS/c1-3-10-23-17-7-5-4-6-14(17)12-21-19-16(11-20)15-8-9-22(2)13-18(15)24-19/h4-7,12H,3,8-10,13H2,1-2H3. The highest BCUT2D eigenvalue weighted by atomic mass is 32.1. The molecule has 1 aliphatic rings. The highest BCUT2D eigenvalue weighted by molar-refractivity contribution is 7.16. The van der Waals surface area contributed by atoms with E-state index in [4.69, 9.17) is 4.74 Å². The molecule has 0 saturated heterocycles. The Labute approximate surface area is 147 Å². The molecule has 0 atom stereocenters. The largest absolute Gasteiger partial charge is 0.493 e. The number of thiophene rings is 1. The minimum absolute atomic E-state index is 0.688. The molecule has 0 spiro atoms. The van der Waals surface area contributed by atoms with Gasteiger partial charge in [-0.15, -0.1) is 11.3 Å². The van der Waals surface area contributed by atoms with Crippen LogP contribution < -0.4 is 4.74 Å². The number of likely N-dealkylation sites (N-methyl/N-ethyl adjacent to an activating group) is 1. The molecule has 124 valence electrons. The summed E-state index contributed by atoms with van der Waals surface area (Å²) in [6.45, 7) is 4.67. The van der Waals surface area contributed by atoms with Crippen molar-refractivity contribution in [3.8, 4) is 11.8 Å². The molecule has 1 aromatic heterocycles. The summed E-state index contributed by atoms with van der Waals surface area (Å²) >= 11 is 1.63. The Hall–Kier alpha value is -2.16. The SMILES string of the molecule is CCCOc1ccccc1C=Nc1sc2c(c1C#N)CCN(C)C2. The van der Waals surface area contributed by atoms with Crippen LogP contribution in [-0.2, 0) is 13.0 Å². The van der Waals surface area contributed by atoms with Crippen molar-refractivity contribution in [2.45, 2.75) is 26.3 Å². The Morgan fingerprint density at radius 2 is 2.25 bits per heavy atom. The molecule has 1 aromatic carbocycles. The molecule has 2 heterocycles. The van der Waals surface area contributed by atoms with Gasteiger partial charge in [-0.3, -0.25) is 0 Å². The van der Waals surface area contributed by atoms with Gasteiger partial charge in [0.15, 0.2) is 0 Å². The minimum atomic E-state index is 0.688. The maximum absolute atomic E-state index is 9.54. The summed E-state index contributed by atoms with van der Waals surface area (Å²) < 4.78 is 5.77. The lowest BCUT2D eigenvalue weighted by Crippen LogP contribution is -2.25. The van der Waals surface area contributed by atoms with Crippen molar-refractivity contribution in [1.82, 2.24) is 4.90 Å². The van der Waals surface area contributed by atoms with Gasteiger partial charge in [-0.1, -0.05) is 19.1 Å². The first-order valence-electron chi connectivity index (χ1n) is 8.22. The van der Waals surface area contributed by atoms with Crippen LogP contribution >= 0.6 is 11.3 Å². The lowest BCUT2D eigenvalue weighted by molar-refractivity contribution is 0.317. The molecular formula is C19H21N3OS. The van der Waals surface area contributed by atoms with Gasteiger partial charge in [-0.25, -0.2) is 4.99 Å². The zero-order valence-electron chi connectivity index (χ0n) is 14.1. The second-order valence-electron chi connectivity index (χ2n) is 5.93. The number of rotatable bonds is 5. The summed E-state index contributed by atoms with van der Waals surface area (Å²) in [6, 6.07) is 10.2. The molecule has 0 unspecified atom stereocenters. The van der Waals surface area contributed by atoms with Crippen molar-refractivity contribution in [1.29, 1.82) is 5.26 Å². The van der Waals surface area contributed by atoms with Crippen LogP contribution in [0.25, 0.3) is 0 Å². The molecule has 1 aliphatic heterocycles. The average Bonchev–Trinajstić information content (AvgIpc) is 2.95. The van der Waals surface area contributed by atoms with Crippen molar-refractivity contribution >= 4 is 22.6 Å². The summed E-state index contributed by atoms with van der Waals surface area (Å²) in [5.41, 5.74) is 2.87. The van der Waals surface area contributed by atoms with Gasteiger partial charge in [0.25, 0.3) is 0 Å². The third kappa shape index (κ3) is 3.50. The first kappa shape index (κ1) is 16.7. The van der Waals surface area contributed by atoms with E-state index in [0.29, 0.717) is 6.61 Å². The molecule has 4 nitrogen and oxygen atoms in total. The second kappa shape index (κ2) is 7.61. The predicted molar refractivity (Wildman–Crippen MR) is 98.6 cm³/mol. The number of nitriles is 1. The van der Waals surface area contributed by atoms with E-state index in [2.05, 4.69) is 29.9 Å². The molecule has 0 amide bonds.